The number of likely N-dealkylation sites (N-methyl/N-ethyl adjacent to an activating group) is 1. The van der Waals surface area contributed by atoms with E-state index in [-0.39, 0.29) is 18.0 Å². The minimum Gasteiger partial charge on any atom is -0.376 e. The van der Waals surface area contributed by atoms with E-state index in [1.165, 1.54) is 12.1 Å². The van der Waals surface area contributed by atoms with Gasteiger partial charge < -0.3 is 10.1 Å². The molecule has 0 saturated carbocycles. The van der Waals surface area contributed by atoms with E-state index < -0.39 is 5.82 Å². The molecule has 1 aromatic rings. The third kappa shape index (κ3) is 2.87. The average Bonchev–Trinajstić information content (AvgIpc) is 2.77. The number of hydrogen-bond donors (Lipinski definition) is 1. The first-order valence-corrected chi connectivity index (χ1v) is 6.34. The molecule has 0 spiro atoms. The summed E-state index contributed by atoms with van der Waals surface area (Å²) in [6, 6.07) is 3.59. The van der Waals surface area contributed by atoms with Crippen molar-refractivity contribution >= 4 is 0 Å². The Labute approximate surface area is 106 Å². The molecule has 0 bridgehead atoms. The number of halogens is 2. The Kier molecular flexibility index (Phi) is 4.30. The number of hydrogen-bond acceptors (Lipinski definition) is 2. The normalized spacial score (nSPS) is 25.3. The van der Waals surface area contributed by atoms with Crippen molar-refractivity contribution in [1.29, 1.82) is 0 Å². The van der Waals surface area contributed by atoms with Crippen molar-refractivity contribution in [2.24, 2.45) is 5.92 Å². The third-order valence-corrected chi connectivity index (χ3v) is 3.66. The van der Waals surface area contributed by atoms with Gasteiger partial charge in [0.05, 0.1) is 6.10 Å². The summed E-state index contributed by atoms with van der Waals surface area (Å²) >= 11 is 0. The number of rotatable bonds is 4. The summed E-state index contributed by atoms with van der Waals surface area (Å²) < 4.78 is 32.4. The molecule has 1 N–H and O–H groups in total. The standard InChI is InChI=1S/C14H19F2NO/c1-9-5-6-18-14(9)13(17-2)8-10-7-11(15)3-4-12(10)16/h3-4,7,9,13-14,17H,5-6,8H2,1-2H3. The Bertz CT molecular complexity index is 411. The van der Waals surface area contributed by atoms with Crippen LogP contribution >= 0.6 is 0 Å². The molecule has 0 amide bonds. The molecule has 4 heteroatoms. The molecular formula is C14H19F2NO. The molecule has 18 heavy (non-hydrogen) atoms. The molecule has 2 rings (SSSR count). The second-order valence-electron chi connectivity index (χ2n) is 4.94. The van der Waals surface area contributed by atoms with Gasteiger partial charge in [0.25, 0.3) is 0 Å². The molecule has 0 aromatic heterocycles. The first-order chi connectivity index (χ1) is 8.61. The van der Waals surface area contributed by atoms with Crippen molar-refractivity contribution in [2.75, 3.05) is 13.7 Å². The van der Waals surface area contributed by atoms with Gasteiger partial charge in [-0.1, -0.05) is 6.92 Å². The lowest BCUT2D eigenvalue weighted by Gasteiger charge is -2.26. The second-order valence-corrected chi connectivity index (χ2v) is 4.94. The van der Waals surface area contributed by atoms with E-state index >= 15 is 0 Å². The van der Waals surface area contributed by atoms with Gasteiger partial charge in [0.15, 0.2) is 0 Å². The maximum Gasteiger partial charge on any atom is 0.126 e. The van der Waals surface area contributed by atoms with Crippen LogP contribution in [0.5, 0.6) is 0 Å². The molecule has 1 aromatic carbocycles. The highest BCUT2D eigenvalue weighted by Crippen LogP contribution is 2.25. The van der Waals surface area contributed by atoms with Gasteiger partial charge in [0, 0.05) is 12.6 Å². The van der Waals surface area contributed by atoms with Gasteiger partial charge in [-0.3, -0.25) is 0 Å². The molecule has 2 nitrogen and oxygen atoms in total. The lowest BCUT2D eigenvalue weighted by atomic mass is 9.93. The summed E-state index contributed by atoms with van der Waals surface area (Å²) in [4.78, 5) is 0. The zero-order valence-corrected chi connectivity index (χ0v) is 10.7. The summed E-state index contributed by atoms with van der Waals surface area (Å²) in [5.74, 6) is -0.317. The molecule has 3 atom stereocenters. The summed E-state index contributed by atoms with van der Waals surface area (Å²) in [7, 11) is 1.83. The SMILES string of the molecule is CNC(Cc1cc(F)ccc1F)C1OCCC1C. The van der Waals surface area contributed by atoms with Gasteiger partial charge >= 0.3 is 0 Å². The number of benzene rings is 1. The molecule has 0 aliphatic carbocycles. The Morgan fingerprint density at radius 2 is 2.22 bits per heavy atom. The fourth-order valence-electron chi connectivity index (χ4n) is 2.55. The molecule has 3 unspecified atom stereocenters. The third-order valence-electron chi connectivity index (χ3n) is 3.66. The monoisotopic (exact) mass is 255 g/mol. The van der Waals surface area contributed by atoms with Crippen LogP contribution in [0.1, 0.15) is 18.9 Å². The topological polar surface area (TPSA) is 21.3 Å². The van der Waals surface area contributed by atoms with Crippen LogP contribution in [0.15, 0.2) is 18.2 Å². The Morgan fingerprint density at radius 1 is 1.44 bits per heavy atom. The van der Waals surface area contributed by atoms with Crippen molar-refractivity contribution < 1.29 is 13.5 Å². The maximum atomic E-state index is 13.6. The number of nitrogens with one attached hydrogen (secondary N) is 1. The van der Waals surface area contributed by atoms with Gasteiger partial charge in [-0.2, -0.15) is 0 Å². The quantitative estimate of drug-likeness (QED) is 0.892. The molecule has 1 fully saturated rings. The van der Waals surface area contributed by atoms with Crippen LogP contribution in [0, 0.1) is 17.6 Å². The minimum atomic E-state index is -0.401. The van der Waals surface area contributed by atoms with Crippen molar-refractivity contribution in [3.05, 3.63) is 35.4 Å². The molecule has 1 saturated heterocycles. The molecular weight excluding hydrogens is 236 g/mol. The van der Waals surface area contributed by atoms with Crippen molar-refractivity contribution in [3.63, 3.8) is 0 Å². The van der Waals surface area contributed by atoms with E-state index in [9.17, 15) is 8.78 Å². The maximum absolute atomic E-state index is 13.6. The fraction of sp³-hybridized carbons (Fsp3) is 0.571. The summed E-state index contributed by atoms with van der Waals surface area (Å²) in [6.45, 7) is 2.87. The van der Waals surface area contributed by atoms with Crippen LogP contribution in [-0.4, -0.2) is 25.8 Å². The van der Waals surface area contributed by atoms with Gasteiger partial charge in [-0.25, -0.2) is 8.78 Å². The predicted octanol–water partition coefficient (Wildman–Crippen LogP) is 2.52. The van der Waals surface area contributed by atoms with Crippen LogP contribution in [-0.2, 0) is 11.2 Å². The van der Waals surface area contributed by atoms with Gasteiger partial charge in [-0.15, -0.1) is 0 Å². The van der Waals surface area contributed by atoms with Crippen LogP contribution < -0.4 is 5.32 Å². The van der Waals surface area contributed by atoms with E-state index in [0.717, 1.165) is 19.1 Å². The van der Waals surface area contributed by atoms with Gasteiger partial charge in [-0.05, 0) is 49.6 Å². The molecule has 1 aliphatic heterocycles. The first kappa shape index (κ1) is 13.4. The van der Waals surface area contributed by atoms with Crippen molar-refractivity contribution in [1.82, 2.24) is 5.32 Å². The Balaban J connectivity index is 2.12. The molecule has 1 heterocycles. The van der Waals surface area contributed by atoms with E-state index in [0.29, 0.717) is 17.9 Å². The van der Waals surface area contributed by atoms with Crippen molar-refractivity contribution in [2.45, 2.75) is 31.9 Å². The molecule has 100 valence electrons. The van der Waals surface area contributed by atoms with Crippen LogP contribution in [0.25, 0.3) is 0 Å². The lowest BCUT2D eigenvalue weighted by Crippen LogP contribution is -2.42. The largest absolute Gasteiger partial charge is 0.376 e. The summed E-state index contributed by atoms with van der Waals surface area (Å²) in [5, 5.41) is 3.16. The van der Waals surface area contributed by atoms with Gasteiger partial charge in [0.2, 0.25) is 0 Å². The van der Waals surface area contributed by atoms with Crippen LogP contribution in [0.4, 0.5) is 8.78 Å². The average molecular weight is 255 g/mol. The number of ether oxygens (including phenoxy) is 1. The smallest absolute Gasteiger partial charge is 0.126 e. The van der Waals surface area contributed by atoms with E-state index in [1.54, 1.807) is 0 Å². The van der Waals surface area contributed by atoms with Crippen LogP contribution in [0.3, 0.4) is 0 Å². The summed E-state index contributed by atoms with van der Waals surface area (Å²) in [6.07, 6.45) is 1.53. The van der Waals surface area contributed by atoms with Crippen LogP contribution in [0.2, 0.25) is 0 Å². The lowest BCUT2D eigenvalue weighted by molar-refractivity contribution is 0.0631. The minimum absolute atomic E-state index is 0.0128. The predicted molar refractivity (Wildman–Crippen MR) is 66.4 cm³/mol. The highest BCUT2D eigenvalue weighted by molar-refractivity contribution is 5.20. The first-order valence-electron chi connectivity index (χ1n) is 6.34. The van der Waals surface area contributed by atoms with Crippen molar-refractivity contribution in [3.8, 4) is 0 Å². The Morgan fingerprint density at radius 3 is 2.83 bits per heavy atom. The molecule has 1 aliphatic rings. The highest BCUT2D eigenvalue weighted by atomic mass is 19.1. The zero-order chi connectivity index (χ0) is 13.1. The summed E-state index contributed by atoms with van der Waals surface area (Å²) in [5.41, 5.74) is 0.400. The zero-order valence-electron chi connectivity index (χ0n) is 10.7. The fourth-order valence-corrected chi connectivity index (χ4v) is 2.55. The van der Waals surface area contributed by atoms with Gasteiger partial charge in [0.1, 0.15) is 11.6 Å². The highest BCUT2D eigenvalue weighted by Gasteiger charge is 2.31. The van der Waals surface area contributed by atoms with E-state index in [1.807, 2.05) is 7.05 Å². The van der Waals surface area contributed by atoms with E-state index in [4.69, 9.17) is 4.74 Å². The second kappa shape index (κ2) is 5.76. The molecule has 0 radical (unpaired) electrons. The van der Waals surface area contributed by atoms with E-state index in [2.05, 4.69) is 12.2 Å². The Hall–Kier alpha value is -1.00.